The van der Waals surface area contributed by atoms with Crippen LogP contribution in [0, 0.1) is 0 Å². The van der Waals surface area contributed by atoms with E-state index in [0.29, 0.717) is 0 Å². The van der Waals surface area contributed by atoms with E-state index in [1.807, 2.05) is 0 Å². The summed E-state index contributed by atoms with van der Waals surface area (Å²) in [6.07, 6.45) is 3.53. The normalized spacial score (nSPS) is 16.8. The highest BCUT2D eigenvalue weighted by Crippen LogP contribution is 2.18. The molecule has 12 heavy (non-hydrogen) atoms. The summed E-state index contributed by atoms with van der Waals surface area (Å²) in [5.41, 5.74) is 0. The predicted octanol–water partition coefficient (Wildman–Crippen LogP) is -0.495. The first kappa shape index (κ1) is 7.67. The van der Waals surface area contributed by atoms with Crippen molar-refractivity contribution >= 4 is 0 Å². The predicted molar refractivity (Wildman–Crippen MR) is 43.5 cm³/mol. The number of aromatic nitrogens is 4. The summed E-state index contributed by atoms with van der Waals surface area (Å²) in [6.45, 7) is 0.969. The Morgan fingerprint density at radius 2 is 2.42 bits per heavy atom. The molecule has 5 nitrogen and oxygen atoms in total. The topological polar surface area (TPSA) is 55.6 Å². The van der Waals surface area contributed by atoms with Crippen molar-refractivity contribution in [2.45, 2.75) is 25.3 Å². The van der Waals surface area contributed by atoms with Crippen LogP contribution in [0.25, 0.3) is 0 Å². The van der Waals surface area contributed by atoms with Crippen LogP contribution in [0.5, 0.6) is 0 Å². The molecule has 1 aromatic heterocycles. The van der Waals surface area contributed by atoms with E-state index in [9.17, 15) is 0 Å². The van der Waals surface area contributed by atoms with E-state index in [2.05, 4.69) is 20.7 Å². The monoisotopic (exact) mass is 167 g/mol. The van der Waals surface area contributed by atoms with Crippen molar-refractivity contribution in [3.8, 4) is 0 Å². The fourth-order valence-electron chi connectivity index (χ4n) is 1.10. The molecular weight excluding hydrogens is 154 g/mol. The van der Waals surface area contributed by atoms with Crippen molar-refractivity contribution < 1.29 is 0 Å². The standard InChI is InChI=1S/C7H13N5/c1-12-10-7(9-11-12)4-5-8-6-2-3-6/h6,8H,2-5H2,1H3. The lowest BCUT2D eigenvalue weighted by Crippen LogP contribution is -2.19. The highest BCUT2D eigenvalue weighted by atomic mass is 15.6. The molecule has 66 valence electrons. The Kier molecular flexibility index (Phi) is 2.03. The van der Waals surface area contributed by atoms with E-state index < -0.39 is 0 Å². The zero-order valence-electron chi connectivity index (χ0n) is 7.19. The third-order valence-corrected chi connectivity index (χ3v) is 1.91. The van der Waals surface area contributed by atoms with Gasteiger partial charge in [0.1, 0.15) is 0 Å². The lowest BCUT2D eigenvalue weighted by molar-refractivity contribution is 0.623. The minimum absolute atomic E-state index is 0.765. The number of rotatable bonds is 4. The van der Waals surface area contributed by atoms with Gasteiger partial charge in [0.05, 0.1) is 7.05 Å². The van der Waals surface area contributed by atoms with Gasteiger partial charge < -0.3 is 5.32 Å². The van der Waals surface area contributed by atoms with Crippen LogP contribution in [0.4, 0.5) is 0 Å². The molecule has 0 amide bonds. The van der Waals surface area contributed by atoms with Crippen LogP contribution >= 0.6 is 0 Å². The number of hydrogen-bond acceptors (Lipinski definition) is 4. The number of tetrazole rings is 1. The summed E-state index contributed by atoms with van der Waals surface area (Å²) in [5.74, 6) is 0.825. The largest absolute Gasteiger partial charge is 0.314 e. The molecule has 5 heteroatoms. The van der Waals surface area contributed by atoms with Crippen molar-refractivity contribution in [2.24, 2.45) is 7.05 Å². The third-order valence-electron chi connectivity index (χ3n) is 1.91. The zero-order valence-corrected chi connectivity index (χ0v) is 7.19. The first-order chi connectivity index (χ1) is 5.84. The Morgan fingerprint density at radius 3 is 3.00 bits per heavy atom. The molecule has 0 bridgehead atoms. The van der Waals surface area contributed by atoms with Crippen LogP contribution in [-0.2, 0) is 13.5 Å². The van der Waals surface area contributed by atoms with E-state index in [0.717, 1.165) is 24.8 Å². The average molecular weight is 167 g/mol. The van der Waals surface area contributed by atoms with Crippen LogP contribution in [0.15, 0.2) is 0 Å². The van der Waals surface area contributed by atoms with Crippen molar-refractivity contribution in [3.05, 3.63) is 5.82 Å². The fourth-order valence-corrected chi connectivity index (χ4v) is 1.10. The summed E-state index contributed by atoms with van der Waals surface area (Å²) in [5, 5.41) is 15.1. The van der Waals surface area contributed by atoms with Gasteiger partial charge in [0.25, 0.3) is 0 Å². The molecule has 1 heterocycles. The lowest BCUT2D eigenvalue weighted by Gasteiger charge is -1.97. The van der Waals surface area contributed by atoms with Gasteiger partial charge in [-0.05, 0) is 18.1 Å². The molecule has 1 N–H and O–H groups in total. The molecule has 0 saturated heterocycles. The van der Waals surface area contributed by atoms with Gasteiger partial charge in [0.15, 0.2) is 5.82 Å². The van der Waals surface area contributed by atoms with Crippen molar-refractivity contribution in [2.75, 3.05) is 6.54 Å². The van der Waals surface area contributed by atoms with Crippen LogP contribution < -0.4 is 5.32 Å². The van der Waals surface area contributed by atoms with Crippen LogP contribution in [0.1, 0.15) is 18.7 Å². The molecule has 0 spiro atoms. The molecule has 0 radical (unpaired) electrons. The van der Waals surface area contributed by atoms with Gasteiger partial charge >= 0.3 is 0 Å². The Hall–Kier alpha value is -0.970. The smallest absolute Gasteiger partial charge is 0.176 e. The second-order valence-corrected chi connectivity index (χ2v) is 3.17. The molecular formula is C7H13N5. The Labute approximate surface area is 71.1 Å². The molecule has 0 unspecified atom stereocenters. The Balaban J connectivity index is 1.71. The first-order valence-electron chi connectivity index (χ1n) is 4.31. The highest BCUT2D eigenvalue weighted by Gasteiger charge is 2.19. The van der Waals surface area contributed by atoms with E-state index in [1.165, 1.54) is 17.6 Å². The molecule has 0 aromatic carbocycles. The van der Waals surface area contributed by atoms with Gasteiger partial charge in [-0.25, -0.2) is 0 Å². The zero-order chi connectivity index (χ0) is 8.39. The van der Waals surface area contributed by atoms with E-state index in [4.69, 9.17) is 0 Å². The lowest BCUT2D eigenvalue weighted by atomic mass is 10.4. The van der Waals surface area contributed by atoms with Crippen LogP contribution in [-0.4, -0.2) is 32.8 Å². The summed E-state index contributed by atoms with van der Waals surface area (Å²) < 4.78 is 0. The van der Waals surface area contributed by atoms with Crippen LogP contribution in [0.3, 0.4) is 0 Å². The molecule has 1 aliphatic rings. The minimum atomic E-state index is 0.765. The van der Waals surface area contributed by atoms with Crippen molar-refractivity contribution in [1.82, 2.24) is 25.5 Å². The first-order valence-corrected chi connectivity index (χ1v) is 4.31. The van der Waals surface area contributed by atoms with Crippen LogP contribution in [0.2, 0.25) is 0 Å². The van der Waals surface area contributed by atoms with E-state index >= 15 is 0 Å². The number of nitrogens with one attached hydrogen (secondary N) is 1. The summed E-state index contributed by atoms with van der Waals surface area (Å²) in [4.78, 5) is 1.49. The quantitative estimate of drug-likeness (QED) is 0.657. The third kappa shape index (κ3) is 2.01. The molecule has 1 fully saturated rings. The summed E-state index contributed by atoms with van der Waals surface area (Å²) >= 11 is 0. The molecule has 1 aliphatic carbocycles. The summed E-state index contributed by atoms with van der Waals surface area (Å²) in [6, 6.07) is 0.765. The average Bonchev–Trinajstić information content (AvgIpc) is 2.76. The second-order valence-electron chi connectivity index (χ2n) is 3.17. The van der Waals surface area contributed by atoms with Gasteiger partial charge in [0.2, 0.25) is 0 Å². The van der Waals surface area contributed by atoms with Gasteiger partial charge in [-0.3, -0.25) is 0 Å². The Morgan fingerprint density at radius 1 is 1.58 bits per heavy atom. The maximum absolute atomic E-state index is 4.08. The SMILES string of the molecule is Cn1nnc(CCNC2CC2)n1. The van der Waals surface area contributed by atoms with Gasteiger partial charge in [-0.2, -0.15) is 4.80 Å². The van der Waals surface area contributed by atoms with E-state index in [-0.39, 0.29) is 0 Å². The maximum atomic E-state index is 4.08. The number of nitrogens with zero attached hydrogens (tertiary/aromatic N) is 4. The van der Waals surface area contributed by atoms with E-state index in [1.54, 1.807) is 7.05 Å². The molecule has 1 aromatic rings. The maximum Gasteiger partial charge on any atom is 0.176 e. The number of aryl methyl sites for hydroxylation is 1. The van der Waals surface area contributed by atoms with Gasteiger partial charge in [-0.15, -0.1) is 10.2 Å². The molecule has 2 rings (SSSR count). The summed E-state index contributed by atoms with van der Waals surface area (Å²) in [7, 11) is 1.78. The molecule has 0 atom stereocenters. The molecule has 1 saturated carbocycles. The number of hydrogen-bond donors (Lipinski definition) is 1. The highest BCUT2D eigenvalue weighted by molar-refractivity contribution is 4.84. The van der Waals surface area contributed by atoms with Gasteiger partial charge in [-0.1, -0.05) is 0 Å². The van der Waals surface area contributed by atoms with Gasteiger partial charge in [0, 0.05) is 19.0 Å². The Bertz CT molecular complexity index is 252. The van der Waals surface area contributed by atoms with Crippen molar-refractivity contribution in [1.29, 1.82) is 0 Å². The fraction of sp³-hybridized carbons (Fsp3) is 0.857. The minimum Gasteiger partial charge on any atom is -0.314 e. The van der Waals surface area contributed by atoms with Crippen molar-refractivity contribution in [3.63, 3.8) is 0 Å². The second kappa shape index (κ2) is 3.18. The molecule has 0 aliphatic heterocycles.